The maximum absolute atomic E-state index is 13.1. The van der Waals surface area contributed by atoms with E-state index in [0.29, 0.717) is 18.4 Å². The second kappa shape index (κ2) is 10.3. The van der Waals surface area contributed by atoms with Crippen LogP contribution in [-0.4, -0.2) is 36.7 Å². The highest BCUT2D eigenvalue weighted by Gasteiger charge is 2.32. The fourth-order valence-corrected chi connectivity index (χ4v) is 5.94. The Hall–Kier alpha value is -2.78. The second-order valence-electron chi connectivity index (χ2n) is 11.5. The third-order valence-corrected chi connectivity index (χ3v) is 8.14. The molecular weight excluding hydrogens is 478 g/mol. The van der Waals surface area contributed by atoms with Crippen molar-refractivity contribution in [3.63, 3.8) is 0 Å². The van der Waals surface area contributed by atoms with Gasteiger partial charge >= 0.3 is 0 Å². The predicted molar refractivity (Wildman–Crippen MR) is 143 cm³/mol. The van der Waals surface area contributed by atoms with E-state index < -0.39 is 26.7 Å². The van der Waals surface area contributed by atoms with Crippen LogP contribution in [0.5, 0.6) is 5.75 Å². The zero-order valence-electron chi connectivity index (χ0n) is 21.9. The SMILES string of the molecule is CC(C)(C)c1cc(C=N[C@@H]2CCCC[C@H]2NS(=O)(=O)c2ccccc2[N+](=O)[O-])c(O)c(C(C)(C)C)c1. The number of hydrogen-bond donors (Lipinski definition) is 2. The number of hydrogen-bond acceptors (Lipinski definition) is 6. The van der Waals surface area contributed by atoms with E-state index in [1.807, 2.05) is 32.9 Å². The number of sulfonamides is 1. The van der Waals surface area contributed by atoms with Crippen molar-refractivity contribution in [2.24, 2.45) is 4.99 Å². The number of nitrogens with zero attached hydrogens (tertiary/aromatic N) is 2. The molecule has 1 aliphatic rings. The third-order valence-electron chi connectivity index (χ3n) is 6.61. The van der Waals surface area contributed by atoms with Gasteiger partial charge in [-0.2, -0.15) is 0 Å². The summed E-state index contributed by atoms with van der Waals surface area (Å²) < 4.78 is 28.9. The minimum absolute atomic E-state index is 0.135. The molecule has 0 amide bonds. The Morgan fingerprint density at radius 1 is 1.06 bits per heavy atom. The first-order valence-electron chi connectivity index (χ1n) is 12.3. The van der Waals surface area contributed by atoms with Gasteiger partial charge in [-0.3, -0.25) is 15.1 Å². The van der Waals surface area contributed by atoms with E-state index in [4.69, 9.17) is 4.99 Å². The largest absolute Gasteiger partial charge is 0.507 e. The molecule has 2 N–H and O–H groups in total. The smallest absolute Gasteiger partial charge is 0.289 e. The first-order chi connectivity index (χ1) is 16.6. The van der Waals surface area contributed by atoms with E-state index in [9.17, 15) is 23.6 Å². The van der Waals surface area contributed by atoms with Gasteiger partial charge in [0.2, 0.25) is 10.0 Å². The second-order valence-corrected chi connectivity index (χ2v) is 13.2. The van der Waals surface area contributed by atoms with Crippen LogP contribution in [0.2, 0.25) is 0 Å². The van der Waals surface area contributed by atoms with Gasteiger partial charge in [-0.1, -0.05) is 72.6 Å². The van der Waals surface area contributed by atoms with Crippen LogP contribution in [0.1, 0.15) is 83.9 Å². The molecule has 0 heterocycles. The number of phenolic OH excluding ortho intramolecular Hbond substituents is 1. The Balaban J connectivity index is 1.95. The van der Waals surface area contributed by atoms with Crippen LogP contribution in [0.15, 0.2) is 46.3 Å². The van der Waals surface area contributed by atoms with Gasteiger partial charge in [-0.25, -0.2) is 13.1 Å². The van der Waals surface area contributed by atoms with Crippen molar-refractivity contribution < 1.29 is 18.4 Å². The van der Waals surface area contributed by atoms with Gasteiger partial charge in [0.15, 0.2) is 4.90 Å². The predicted octanol–water partition coefficient (Wildman–Crippen LogP) is 5.60. The van der Waals surface area contributed by atoms with Crippen LogP contribution in [0.4, 0.5) is 5.69 Å². The van der Waals surface area contributed by atoms with E-state index in [0.717, 1.165) is 24.0 Å². The standard InChI is InChI=1S/C27H37N3O5S/c1-26(2,3)19-15-18(25(31)20(16-19)27(4,5)6)17-28-21-11-7-8-12-22(21)29-36(34,35)24-14-10-9-13-23(24)30(32)33/h9-10,13-17,21-22,29,31H,7-8,11-12H2,1-6H3/t21-,22-/m1/s1. The molecule has 0 aromatic heterocycles. The molecule has 2 aromatic carbocycles. The van der Waals surface area contributed by atoms with Crippen LogP contribution >= 0.6 is 0 Å². The fraction of sp³-hybridized carbons (Fsp3) is 0.519. The molecule has 0 aliphatic heterocycles. The Bertz CT molecular complexity index is 1260. The van der Waals surface area contributed by atoms with Crippen molar-refractivity contribution in [3.8, 4) is 5.75 Å². The lowest BCUT2D eigenvalue weighted by Gasteiger charge is -2.29. The minimum atomic E-state index is -4.13. The summed E-state index contributed by atoms with van der Waals surface area (Å²) in [6.07, 6.45) is 4.61. The number of nitro groups is 1. The van der Waals surface area contributed by atoms with Gasteiger partial charge in [0.05, 0.1) is 11.0 Å². The third kappa shape index (κ3) is 6.31. The van der Waals surface area contributed by atoms with E-state index in [-0.39, 0.29) is 27.5 Å². The molecule has 8 nitrogen and oxygen atoms in total. The van der Waals surface area contributed by atoms with Gasteiger partial charge < -0.3 is 5.11 Å². The number of nitro benzene ring substituents is 1. The van der Waals surface area contributed by atoms with Crippen LogP contribution in [0, 0.1) is 10.1 Å². The zero-order valence-corrected chi connectivity index (χ0v) is 22.7. The molecule has 1 aliphatic carbocycles. The lowest BCUT2D eigenvalue weighted by molar-refractivity contribution is -0.387. The van der Waals surface area contributed by atoms with Gasteiger partial charge in [0.1, 0.15) is 5.75 Å². The molecular formula is C27H37N3O5S. The summed E-state index contributed by atoms with van der Waals surface area (Å²) in [5, 5.41) is 22.4. The highest BCUT2D eigenvalue weighted by Crippen LogP contribution is 2.37. The van der Waals surface area contributed by atoms with Crippen molar-refractivity contribution in [2.75, 3.05) is 0 Å². The zero-order chi connectivity index (χ0) is 26.9. The number of aliphatic imine (C=N–C) groups is 1. The van der Waals surface area contributed by atoms with Crippen LogP contribution in [0.25, 0.3) is 0 Å². The Morgan fingerprint density at radius 2 is 1.69 bits per heavy atom. The number of aromatic hydroxyl groups is 1. The van der Waals surface area contributed by atoms with Gasteiger partial charge in [-0.15, -0.1) is 0 Å². The molecule has 2 aromatic rings. The number of nitrogens with one attached hydrogen (secondary N) is 1. The quantitative estimate of drug-likeness (QED) is 0.294. The average molecular weight is 516 g/mol. The molecule has 1 saturated carbocycles. The summed E-state index contributed by atoms with van der Waals surface area (Å²) >= 11 is 0. The molecule has 2 atom stereocenters. The molecule has 196 valence electrons. The number of rotatable bonds is 6. The Morgan fingerprint density at radius 3 is 2.31 bits per heavy atom. The first-order valence-corrected chi connectivity index (χ1v) is 13.8. The number of phenols is 1. The average Bonchev–Trinajstić information content (AvgIpc) is 2.77. The molecule has 0 bridgehead atoms. The van der Waals surface area contributed by atoms with Crippen molar-refractivity contribution in [1.82, 2.24) is 4.72 Å². The molecule has 1 fully saturated rings. The van der Waals surface area contributed by atoms with E-state index in [2.05, 4.69) is 25.5 Å². The first kappa shape index (κ1) is 27.8. The lowest BCUT2D eigenvalue weighted by Crippen LogP contribution is -2.44. The molecule has 0 radical (unpaired) electrons. The number of para-hydroxylation sites is 1. The van der Waals surface area contributed by atoms with Crippen LogP contribution in [0.3, 0.4) is 0 Å². The van der Waals surface area contributed by atoms with E-state index >= 15 is 0 Å². The maximum Gasteiger partial charge on any atom is 0.289 e. The molecule has 36 heavy (non-hydrogen) atoms. The summed E-state index contributed by atoms with van der Waals surface area (Å²) in [6.45, 7) is 12.5. The molecule has 9 heteroatoms. The minimum Gasteiger partial charge on any atom is -0.507 e. The van der Waals surface area contributed by atoms with Crippen molar-refractivity contribution >= 4 is 21.9 Å². The fourth-order valence-electron chi connectivity index (χ4n) is 4.46. The van der Waals surface area contributed by atoms with Gasteiger partial charge in [0, 0.05) is 29.4 Å². The number of benzene rings is 2. The van der Waals surface area contributed by atoms with Crippen molar-refractivity contribution in [3.05, 3.63) is 63.2 Å². The monoisotopic (exact) mass is 515 g/mol. The van der Waals surface area contributed by atoms with Crippen molar-refractivity contribution in [2.45, 2.75) is 95.0 Å². The van der Waals surface area contributed by atoms with Crippen LogP contribution < -0.4 is 4.72 Å². The van der Waals surface area contributed by atoms with Crippen LogP contribution in [-0.2, 0) is 20.9 Å². The maximum atomic E-state index is 13.1. The van der Waals surface area contributed by atoms with E-state index in [1.165, 1.54) is 24.3 Å². The normalized spacial score (nSPS) is 19.5. The van der Waals surface area contributed by atoms with E-state index in [1.54, 1.807) is 6.21 Å². The summed E-state index contributed by atoms with van der Waals surface area (Å²) in [7, 11) is -4.13. The molecule has 0 unspecified atom stereocenters. The molecule has 0 saturated heterocycles. The Labute approximate surface area is 214 Å². The summed E-state index contributed by atoms with van der Waals surface area (Å²) in [4.78, 5) is 15.1. The lowest BCUT2D eigenvalue weighted by atomic mass is 9.79. The molecule has 0 spiro atoms. The Kier molecular flexibility index (Phi) is 7.95. The topological polar surface area (TPSA) is 122 Å². The summed E-state index contributed by atoms with van der Waals surface area (Å²) in [6, 6.07) is 8.45. The van der Waals surface area contributed by atoms with Crippen molar-refractivity contribution in [1.29, 1.82) is 0 Å². The summed E-state index contributed by atoms with van der Waals surface area (Å²) in [5.41, 5.74) is 1.63. The highest BCUT2D eigenvalue weighted by molar-refractivity contribution is 7.89. The summed E-state index contributed by atoms with van der Waals surface area (Å²) in [5.74, 6) is 0.173. The van der Waals surface area contributed by atoms with Gasteiger partial charge in [0.25, 0.3) is 5.69 Å². The highest BCUT2D eigenvalue weighted by atomic mass is 32.2. The van der Waals surface area contributed by atoms with Gasteiger partial charge in [-0.05, 0) is 41.4 Å². The molecule has 3 rings (SSSR count).